The van der Waals surface area contributed by atoms with Crippen molar-refractivity contribution >= 4 is 39.2 Å². The van der Waals surface area contributed by atoms with Crippen molar-refractivity contribution in [1.29, 1.82) is 0 Å². The first-order valence-electron chi connectivity index (χ1n) is 10.5. The van der Waals surface area contributed by atoms with Gasteiger partial charge in [0.05, 0.1) is 12.7 Å². The lowest BCUT2D eigenvalue weighted by Crippen LogP contribution is -2.30. The second kappa shape index (κ2) is 10.6. The van der Waals surface area contributed by atoms with Crippen LogP contribution in [0.1, 0.15) is 11.1 Å². The molecule has 3 aromatic carbocycles. The number of aromatic nitrogens is 2. The van der Waals surface area contributed by atoms with E-state index in [1.54, 1.807) is 55.6 Å². The molecule has 0 atom stereocenters. The van der Waals surface area contributed by atoms with E-state index < -0.39 is 10.2 Å². The van der Waals surface area contributed by atoms with Gasteiger partial charge < -0.3 is 4.74 Å². The molecular formula is C25H22Cl2N4O3S. The van der Waals surface area contributed by atoms with Crippen LogP contribution in [-0.4, -0.2) is 25.5 Å². The quantitative estimate of drug-likeness (QED) is 0.278. The number of anilines is 1. The van der Waals surface area contributed by atoms with Gasteiger partial charge in [0.25, 0.3) is 0 Å². The zero-order valence-electron chi connectivity index (χ0n) is 18.9. The summed E-state index contributed by atoms with van der Waals surface area (Å²) in [6.07, 6.45) is 0. The van der Waals surface area contributed by atoms with Gasteiger partial charge in [-0.15, -0.1) is 0 Å². The number of halogens is 2. The predicted molar refractivity (Wildman–Crippen MR) is 140 cm³/mol. The number of rotatable bonds is 8. The highest BCUT2D eigenvalue weighted by Crippen LogP contribution is 2.35. The Labute approximate surface area is 214 Å². The van der Waals surface area contributed by atoms with Gasteiger partial charge in [0, 0.05) is 17.1 Å². The van der Waals surface area contributed by atoms with E-state index in [4.69, 9.17) is 27.9 Å². The molecular weight excluding hydrogens is 507 g/mol. The summed E-state index contributed by atoms with van der Waals surface area (Å²) in [7, 11) is -2.44. The Hall–Kier alpha value is -3.17. The molecule has 0 fully saturated rings. The van der Waals surface area contributed by atoms with Crippen molar-refractivity contribution < 1.29 is 13.2 Å². The lowest BCUT2D eigenvalue weighted by molar-refractivity contribution is 0.415. The normalized spacial score (nSPS) is 11.3. The molecule has 35 heavy (non-hydrogen) atoms. The molecule has 0 amide bonds. The smallest absolute Gasteiger partial charge is 0.300 e. The van der Waals surface area contributed by atoms with Crippen molar-refractivity contribution in [3.8, 4) is 28.3 Å². The van der Waals surface area contributed by atoms with E-state index in [0.29, 0.717) is 27.5 Å². The first kappa shape index (κ1) is 24.9. The van der Waals surface area contributed by atoms with Crippen LogP contribution in [0.2, 0.25) is 10.2 Å². The third-order valence-electron chi connectivity index (χ3n) is 5.16. The number of hydrogen-bond donors (Lipinski definition) is 2. The minimum atomic E-state index is -4.01. The number of aryl methyl sites for hydroxylation is 1. The number of ether oxygens (including phenoxy) is 1. The maximum absolute atomic E-state index is 13.0. The molecule has 0 unspecified atom stereocenters. The summed E-state index contributed by atoms with van der Waals surface area (Å²) in [6, 6.07) is 21.4. The second-order valence-corrected chi connectivity index (χ2v) is 10.0. The molecule has 0 bridgehead atoms. The van der Waals surface area contributed by atoms with Gasteiger partial charge >= 0.3 is 10.2 Å². The van der Waals surface area contributed by atoms with Gasteiger partial charge in [0.2, 0.25) is 0 Å². The van der Waals surface area contributed by atoms with Crippen molar-refractivity contribution in [3.63, 3.8) is 0 Å². The summed E-state index contributed by atoms with van der Waals surface area (Å²) in [4.78, 5) is 8.96. The third kappa shape index (κ3) is 6.29. The van der Waals surface area contributed by atoms with Crippen LogP contribution in [-0.2, 0) is 16.8 Å². The van der Waals surface area contributed by atoms with E-state index in [0.717, 1.165) is 11.1 Å². The van der Waals surface area contributed by atoms with Gasteiger partial charge in [-0.3, -0.25) is 4.72 Å². The molecule has 1 aromatic heterocycles. The fraction of sp³-hybridized carbons (Fsp3) is 0.120. The summed E-state index contributed by atoms with van der Waals surface area (Å²) >= 11 is 12.5. The van der Waals surface area contributed by atoms with Crippen LogP contribution >= 0.6 is 23.2 Å². The largest absolute Gasteiger partial charge is 0.497 e. The van der Waals surface area contributed by atoms with Crippen LogP contribution in [0, 0.1) is 6.92 Å². The summed E-state index contributed by atoms with van der Waals surface area (Å²) in [5.41, 5.74) is 3.50. The summed E-state index contributed by atoms with van der Waals surface area (Å²) < 4.78 is 36.2. The second-order valence-electron chi connectivity index (χ2n) is 7.71. The van der Waals surface area contributed by atoms with E-state index in [1.165, 1.54) is 0 Å². The van der Waals surface area contributed by atoms with Crippen molar-refractivity contribution in [1.82, 2.24) is 14.7 Å². The number of methoxy groups -OCH3 is 1. The van der Waals surface area contributed by atoms with Gasteiger partial charge in [0.1, 0.15) is 10.9 Å². The molecule has 0 saturated carbocycles. The predicted octanol–water partition coefficient (Wildman–Crippen LogP) is 5.88. The van der Waals surface area contributed by atoms with E-state index in [9.17, 15) is 8.42 Å². The summed E-state index contributed by atoms with van der Waals surface area (Å²) in [5, 5.41) is 0.684. The first-order valence-corrected chi connectivity index (χ1v) is 12.8. The maximum Gasteiger partial charge on any atom is 0.300 e. The minimum Gasteiger partial charge on any atom is -0.497 e. The monoisotopic (exact) mass is 528 g/mol. The van der Waals surface area contributed by atoms with Crippen LogP contribution in [0.5, 0.6) is 5.75 Å². The number of nitrogens with zero attached hydrogens (tertiary/aromatic N) is 2. The molecule has 0 radical (unpaired) electrons. The molecule has 1 heterocycles. The number of nitrogens with one attached hydrogen (secondary N) is 2. The fourth-order valence-corrected chi connectivity index (χ4v) is 4.53. The van der Waals surface area contributed by atoms with Gasteiger partial charge in [-0.1, -0.05) is 65.2 Å². The first-order chi connectivity index (χ1) is 16.7. The lowest BCUT2D eigenvalue weighted by atomic mass is 10.1. The van der Waals surface area contributed by atoms with Gasteiger partial charge in [-0.05, 0) is 54.4 Å². The lowest BCUT2D eigenvalue weighted by Gasteiger charge is -2.15. The molecule has 10 heteroatoms. The molecule has 0 aliphatic carbocycles. The molecule has 7 nitrogen and oxygen atoms in total. The van der Waals surface area contributed by atoms with Crippen LogP contribution in [0.15, 0.2) is 72.8 Å². The van der Waals surface area contributed by atoms with Crippen molar-refractivity contribution in [2.45, 2.75) is 13.5 Å². The molecule has 0 spiro atoms. The van der Waals surface area contributed by atoms with Crippen molar-refractivity contribution in [2.75, 3.05) is 11.8 Å². The minimum absolute atomic E-state index is 0.0586. The van der Waals surface area contributed by atoms with Crippen LogP contribution in [0.25, 0.3) is 22.5 Å². The number of hydrogen-bond acceptors (Lipinski definition) is 5. The molecule has 0 aliphatic rings. The highest BCUT2D eigenvalue weighted by atomic mass is 35.5. The molecule has 180 valence electrons. The molecule has 2 N–H and O–H groups in total. The van der Waals surface area contributed by atoms with Gasteiger partial charge in [-0.25, -0.2) is 9.97 Å². The molecule has 0 saturated heterocycles. The van der Waals surface area contributed by atoms with Crippen LogP contribution in [0.3, 0.4) is 0 Å². The Balaban J connectivity index is 1.71. The Morgan fingerprint density at radius 1 is 0.857 bits per heavy atom. The van der Waals surface area contributed by atoms with Crippen molar-refractivity contribution in [3.05, 3.63) is 94.1 Å². The molecule has 0 aliphatic heterocycles. The SMILES string of the molecule is COc1ccc(-c2nc(Cl)c(-c3ccc(C)cc3)c(NS(=O)(=O)NCc3ccc(Cl)cc3)n2)cc1. The Morgan fingerprint density at radius 3 is 2.11 bits per heavy atom. The standard InChI is InChI=1S/C25H22Cl2N4O3S/c1-16-3-7-18(8-4-16)22-23(27)29-24(19-9-13-21(34-2)14-10-19)30-25(22)31-35(32,33)28-15-17-5-11-20(26)12-6-17/h3-14,28H,15H2,1-2H3,(H,29,30,31). The fourth-order valence-electron chi connectivity index (χ4n) is 3.30. The highest BCUT2D eigenvalue weighted by Gasteiger charge is 2.20. The third-order valence-corrected chi connectivity index (χ3v) is 6.68. The zero-order chi connectivity index (χ0) is 25.0. The average Bonchev–Trinajstić information content (AvgIpc) is 2.84. The Morgan fingerprint density at radius 2 is 1.49 bits per heavy atom. The van der Waals surface area contributed by atoms with Crippen molar-refractivity contribution in [2.24, 2.45) is 0 Å². The molecule has 4 rings (SSSR count). The zero-order valence-corrected chi connectivity index (χ0v) is 21.2. The highest BCUT2D eigenvalue weighted by molar-refractivity contribution is 7.90. The van der Waals surface area contributed by atoms with Crippen LogP contribution in [0.4, 0.5) is 5.82 Å². The van der Waals surface area contributed by atoms with E-state index >= 15 is 0 Å². The summed E-state index contributed by atoms with van der Waals surface area (Å²) in [5.74, 6) is 0.996. The van der Waals surface area contributed by atoms with E-state index in [1.807, 2.05) is 31.2 Å². The summed E-state index contributed by atoms with van der Waals surface area (Å²) in [6.45, 7) is 2.02. The van der Waals surface area contributed by atoms with Gasteiger partial charge in [-0.2, -0.15) is 13.1 Å². The average molecular weight is 529 g/mol. The van der Waals surface area contributed by atoms with E-state index in [2.05, 4.69) is 19.4 Å². The van der Waals surface area contributed by atoms with E-state index in [-0.39, 0.29) is 23.3 Å². The Kier molecular flexibility index (Phi) is 7.57. The number of benzene rings is 3. The topological polar surface area (TPSA) is 93.2 Å². The van der Waals surface area contributed by atoms with Crippen LogP contribution < -0.4 is 14.2 Å². The van der Waals surface area contributed by atoms with Gasteiger partial charge in [0.15, 0.2) is 11.6 Å². The maximum atomic E-state index is 13.0. The molecule has 4 aromatic rings. The Bertz CT molecular complexity index is 1430.